The first-order valence-electron chi connectivity index (χ1n) is 9.30. The quantitative estimate of drug-likeness (QED) is 0.894. The molecule has 128 valence electrons. The first kappa shape index (κ1) is 15.7. The minimum Gasteiger partial charge on any atom is -0.373 e. The molecule has 2 aliphatic heterocycles. The number of carbonyl (C=O) groups is 1. The van der Waals surface area contributed by atoms with Gasteiger partial charge in [0, 0.05) is 12.1 Å². The molecule has 4 nitrogen and oxygen atoms in total. The number of hydrogen-bond donors (Lipinski definition) is 2. The Kier molecular flexibility index (Phi) is 4.07. The standard InChI is InChI=1S/C20H27N3O/c1-12-5-3-7-15-11-16(22-17(12)15)20(24)23-19(14-8-9-14)18-13(2)6-4-10-21-18/h3,5,7,10,13-14,16,18-19,22H,4,6,8-9,11H2,1-2H3,(H,23,24)/t13?,16?,18?,19-/m0/s1. The molecule has 1 aromatic rings. The Hall–Kier alpha value is -1.84. The van der Waals surface area contributed by atoms with Crippen molar-refractivity contribution in [2.45, 2.75) is 64.1 Å². The van der Waals surface area contributed by atoms with E-state index in [1.54, 1.807) is 0 Å². The Balaban J connectivity index is 1.46. The molecule has 0 bridgehead atoms. The summed E-state index contributed by atoms with van der Waals surface area (Å²) in [6.07, 6.45) is 7.53. The Bertz CT molecular complexity index is 665. The number of nitrogens with one attached hydrogen (secondary N) is 2. The van der Waals surface area contributed by atoms with Gasteiger partial charge in [-0.2, -0.15) is 0 Å². The minimum atomic E-state index is -0.148. The van der Waals surface area contributed by atoms with Gasteiger partial charge in [0.2, 0.25) is 5.91 Å². The van der Waals surface area contributed by atoms with Gasteiger partial charge in [-0.05, 0) is 61.8 Å². The maximum absolute atomic E-state index is 12.9. The van der Waals surface area contributed by atoms with Crippen LogP contribution in [0.25, 0.3) is 0 Å². The molecule has 24 heavy (non-hydrogen) atoms. The van der Waals surface area contributed by atoms with Crippen LogP contribution >= 0.6 is 0 Å². The van der Waals surface area contributed by atoms with Crippen molar-refractivity contribution in [2.24, 2.45) is 16.8 Å². The minimum absolute atomic E-state index is 0.135. The zero-order valence-corrected chi connectivity index (χ0v) is 14.6. The van der Waals surface area contributed by atoms with Crippen molar-refractivity contribution < 1.29 is 4.79 Å². The van der Waals surface area contributed by atoms with E-state index in [1.165, 1.54) is 30.4 Å². The topological polar surface area (TPSA) is 53.5 Å². The molecule has 4 atom stereocenters. The van der Waals surface area contributed by atoms with Crippen LogP contribution < -0.4 is 10.6 Å². The fourth-order valence-corrected chi connectivity index (χ4v) is 4.21. The molecule has 1 saturated carbocycles. The van der Waals surface area contributed by atoms with Crippen LogP contribution in [0.2, 0.25) is 0 Å². The van der Waals surface area contributed by atoms with Gasteiger partial charge in [0.15, 0.2) is 0 Å². The molecule has 1 aliphatic carbocycles. The Morgan fingerprint density at radius 3 is 2.88 bits per heavy atom. The zero-order chi connectivity index (χ0) is 16.7. The summed E-state index contributed by atoms with van der Waals surface area (Å²) in [5, 5.41) is 6.79. The summed E-state index contributed by atoms with van der Waals surface area (Å²) in [7, 11) is 0. The highest BCUT2D eigenvalue weighted by Crippen LogP contribution is 2.38. The number of hydrogen-bond acceptors (Lipinski definition) is 3. The van der Waals surface area contributed by atoms with E-state index in [4.69, 9.17) is 4.99 Å². The van der Waals surface area contributed by atoms with Gasteiger partial charge in [0.05, 0.1) is 12.1 Å². The molecule has 1 fully saturated rings. The van der Waals surface area contributed by atoms with Crippen molar-refractivity contribution in [1.29, 1.82) is 0 Å². The number of benzene rings is 1. The van der Waals surface area contributed by atoms with Gasteiger partial charge in [0.1, 0.15) is 6.04 Å². The molecular formula is C20H27N3O. The van der Waals surface area contributed by atoms with Crippen LogP contribution in [0.15, 0.2) is 23.2 Å². The summed E-state index contributed by atoms with van der Waals surface area (Å²) in [6.45, 7) is 4.37. The van der Waals surface area contributed by atoms with E-state index >= 15 is 0 Å². The number of carbonyl (C=O) groups excluding carboxylic acids is 1. The number of anilines is 1. The van der Waals surface area contributed by atoms with Crippen molar-refractivity contribution in [3.63, 3.8) is 0 Å². The van der Waals surface area contributed by atoms with E-state index in [-0.39, 0.29) is 24.0 Å². The van der Waals surface area contributed by atoms with Crippen molar-refractivity contribution in [3.05, 3.63) is 29.3 Å². The van der Waals surface area contributed by atoms with E-state index in [2.05, 4.69) is 48.9 Å². The van der Waals surface area contributed by atoms with Gasteiger partial charge in [-0.25, -0.2) is 0 Å². The molecule has 3 aliphatic rings. The van der Waals surface area contributed by atoms with Crippen molar-refractivity contribution in [1.82, 2.24) is 5.32 Å². The van der Waals surface area contributed by atoms with E-state index in [1.807, 2.05) is 0 Å². The summed E-state index contributed by atoms with van der Waals surface area (Å²) in [5.74, 6) is 1.30. The van der Waals surface area contributed by atoms with Crippen LogP contribution in [-0.4, -0.2) is 30.2 Å². The maximum atomic E-state index is 12.9. The predicted octanol–water partition coefficient (Wildman–Crippen LogP) is 3.10. The van der Waals surface area contributed by atoms with Crippen LogP contribution in [0.3, 0.4) is 0 Å². The molecular weight excluding hydrogens is 298 g/mol. The highest BCUT2D eigenvalue weighted by atomic mass is 16.2. The lowest BCUT2D eigenvalue weighted by molar-refractivity contribution is -0.122. The average molecular weight is 325 g/mol. The molecule has 1 aromatic carbocycles. The lowest BCUT2D eigenvalue weighted by Crippen LogP contribution is -2.51. The van der Waals surface area contributed by atoms with Crippen molar-refractivity contribution in [2.75, 3.05) is 5.32 Å². The molecule has 0 aromatic heterocycles. The summed E-state index contributed by atoms with van der Waals surface area (Å²) in [5.41, 5.74) is 3.61. The highest BCUT2D eigenvalue weighted by molar-refractivity contribution is 5.88. The van der Waals surface area contributed by atoms with Crippen LogP contribution in [0, 0.1) is 18.8 Å². The first-order valence-corrected chi connectivity index (χ1v) is 9.30. The molecule has 0 spiro atoms. The number of nitrogens with zero attached hydrogens (tertiary/aromatic N) is 1. The van der Waals surface area contributed by atoms with Gasteiger partial charge >= 0.3 is 0 Å². The highest BCUT2D eigenvalue weighted by Gasteiger charge is 2.41. The summed E-state index contributed by atoms with van der Waals surface area (Å²) in [4.78, 5) is 17.6. The second-order valence-corrected chi connectivity index (χ2v) is 7.76. The number of para-hydroxylation sites is 1. The lowest BCUT2D eigenvalue weighted by atomic mass is 9.87. The Morgan fingerprint density at radius 2 is 2.17 bits per heavy atom. The molecule has 1 amide bonds. The molecule has 3 unspecified atom stereocenters. The zero-order valence-electron chi connectivity index (χ0n) is 14.6. The summed E-state index contributed by atoms with van der Waals surface area (Å²) >= 11 is 0. The third-order valence-electron chi connectivity index (χ3n) is 5.84. The fraction of sp³-hybridized carbons (Fsp3) is 0.600. The number of aryl methyl sites for hydroxylation is 1. The van der Waals surface area contributed by atoms with Crippen LogP contribution in [0.1, 0.15) is 43.7 Å². The summed E-state index contributed by atoms with van der Waals surface area (Å²) in [6, 6.07) is 6.59. The average Bonchev–Trinajstić information content (AvgIpc) is 3.31. The van der Waals surface area contributed by atoms with Crippen molar-refractivity contribution >= 4 is 17.8 Å². The normalized spacial score (nSPS) is 29.7. The second kappa shape index (κ2) is 6.23. The van der Waals surface area contributed by atoms with Gasteiger partial charge in [-0.1, -0.05) is 25.1 Å². The fourth-order valence-electron chi connectivity index (χ4n) is 4.21. The third-order valence-corrected chi connectivity index (χ3v) is 5.84. The smallest absolute Gasteiger partial charge is 0.243 e. The van der Waals surface area contributed by atoms with Gasteiger partial charge < -0.3 is 10.6 Å². The Labute approximate surface area is 144 Å². The molecule has 2 N–H and O–H groups in total. The molecule has 4 rings (SSSR count). The SMILES string of the molecule is Cc1cccc2c1NC(C(=O)N[C@@H](C1CC1)C1N=CCCC1C)C2. The Morgan fingerprint density at radius 1 is 1.33 bits per heavy atom. The van der Waals surface area contributed by atoms with Crippen LogP contribution in [0.4, 0.5) is 5.69 Å². The van der Waals surface area contributed by atoms with E-state index < -0.39 is 0 Å². The largest absolute Gasteiger partial charge is 0.373 e. The molecule has 4 heteroatoms. The number of rotatable bonds is 4. The predicted molar refractivity (Wildman–Crippen MR) is 97.6 cm³/mol. The molecule has 0 saturated heterocycles. The van der Waals surface area contributed by atoms with E-state index in [9.17, 15) is 4.79 Å². The lowest BCUT2D eigenvalue weighted by Gasteiger charge is -2.32. The third kappa shape index (κ3) is 2.94. The monoisotopic (exact) mass is 325 g/mol. The van der Waals surface area contributed by atoms with Crippen LogP contribution in [0.5, 0.6) is 0 Å². The van der Waals surface area contributed by atoms with Crippen LogP contribution in [-0.2, 0) is 11.2 Å². The first-order chi connectivity index (χ1) is 11.6. The number of amides is 1. The molecule has 2 heterocycles. The van der Waals surface area contributed by atoms with Gasteiger partial charge in [-0.3, -0.25) is 9.79 Å². The maximum Gasteiger partial charge on any atom is 0.243 e. The number of fused-ring (bicyclic) bond motifs is 1. The number of aliphatic imine (C=N–C) groups is 1. The van der Waals surface area contributed by atoms with Gasteiger partial charge in [-0.15, -0.1) is 0 Å². The van der Waals surface area contributed by atoms with E-state index in [0.29, 0.717) is 11.8 Å². The summed E-state index contributed by atoms with van der Waals surface area (Å²) < 4.78 is 0. The van der Waals surface area contributed by atoms with Gasteiger partial charge in [0.25, 0.3) is 0 Å². The second-order valence-electron chi connectivity index (χ2n) is 7.76. The van der Waals surface area contributed by atoms with E-state index in [0.717, 1.165) is 18.5 Å². The molecule has 0 radical (unpaired) electrons. The van der Waals surface area contributed by atoms with Crippen molar-refractivity contribution in [3.8, 4) is 0 Å².